The van der Waals surface area contributed by atoms with E-state index in [-0.39, 0.29) is 114 Å². The topological polar surface area (TPSA) is 180 Å². The van der Waals surface area contributed by atoms with Gasteiger partial charge in [-0.3, -0.25) is 0 Å². The van der Waals surface area contributed by atoms with Crippen molar-refractivity contribution in [3.05, 3.63) is 0 Å². The molecule has 0 fully saturated rings. The van der Waals surface area contributed by atoms with Crippen LogP contribution in [0.3, 0.4) is 0 Å². The fourth-order valence-corrected chi connectivity index (χ4v) is 0. The Bertz CT molecular complexity index is 8.49. The molecule has 0 aromatic heterocycles. The van der Waals surface area contributed by atoms with E-state index in [4.69, 9.17) is 0 Å². The van der Waals surface area contributed by atoms with Gasteiger partial charge in [-0.25, -0.2) is 0 Å². The van der Waals surface area contributed by atoms with E-state index in [0.717, 1.165) is 0 Å². The molecule has 0 aromatic carbocycles. The molecule has 0 aliphatic carbocycles. The second-order valence-electron chi connectivity index (χ2n) is 0. The quantitative estimate of drug-likeness (QED) is 0.503. The Morgan fingerprint density at radius 2 is 0.375 bits per heavy atom. The van der Waals surface area contributed by atoms with Gasteiger partial charge in [-0.15, -0.1) is 0 Å². The zero-order valence-electron chi connectivity index (χ0n) is 3.59. The van der Waals surface area contributed by atoms with Gasteiger partial charge in [0.05, 0.1) is 0 Å². The number of hydrogen-bond donors (Lipinski definition) is 0. The Morgan fingerprint density at radius 1 is 0.375 bits per heavy atom. The van der Waals surface area contributed by atoms with Crippen LogP contribution in [-0.2, 0) is 0 Å². The molecular formula is H6NdO6Sm. The minimum Gasteiger partial charge on any atom is -0.870 e. The van der Waals surface area contributed by atoms with Gasteiger partial charge >= 0.3 is 81.2 Å². The summed E-state index contributed by atoms with van der Waals surface area (Å²) in [7, 11) is 0. The molecule has 0 spiro atoms. The van der Waals surface area contributed by atoms with Crippen molar-refractivity contribution in [1.82, 2.24) is 0 Å². The van der Waals surface area contributed by atoms with E-state index in [1.54, 1.807) is 0 Å². The third-order valence-corrected chi connectivity index (χ3v) is 0. The summed E-state index contributed by atoms with van der Waals surface area (Å²) in [6.45, 7) is 0. The van der Waals surface area contributed by atoms with Gasteiger partial charge < -0.3 is 32.9 Å². The summed E-state index contributed by atoms with van der Waals surface area (Å²) in [4.78, 5) is 0. The summed E-state index contributed by atoms with van der Waals surface area (Å²) < 4.78 is 0. The average Bonchev–Trinajstić information content (AvgIpc) is 0. The first-order valence-corrected chi connectivity index (χ1v) is 0. The van der Waals surface area contributed by atoms with Crippen LogP contribution in [0.2, 0.25) is 0 Å². The Morgan fingerprint density at radius 3 is 0.375 bits per heavy atom. The van der Waals surface area contributed by atoms with Crippen molar-refractivity contribution >= 4 is 0 Å². The van der Waals surface area contributed by atoms with Crippen molar-refractivity contribution in [2.75, 3.05) is 0 Å². The molecule has 52 valence electrons. The second-order valence-corrected chi connectivity index (χ2v) is 0. The van der Waals surface area contributed by atoms with Gasteiger partial charge in [0, 0.05) is 0 Å². The van der Waals surface area contributed by atoms with E-state index in [9.17, 15) is 0 Å². The van der Waals surface area contributed by atoms with E-state index in [2.05, 4.69) is 0 Å². The second kappa shape index (κ2) is 113. The molecule has 0 aliphatic rings. The van der Waals surface area contributed by atoms with Gasteiger partial charge in [-0.1, -0.05) is 0 Å². The first kappa shape index (κ1) is 156. The minimum absolute atomic E-state index is 0. The summed E-state index contributed by atoms with van der Waals surface area (Å²) in [6, 6.07) is 0. The SMILES string of the molecule is [Nd+3].[OH-].[OH-].[OH-].[OH-].[OH-].[OH-].[Sm+3]. The predicted molar refractivity (Wildman–Crippen MR) is 11.6 cm³/mol. The summed E-state index contributed by atoms with van der Waals surface area (Å²) in [5, 5.41) is 0. The Balaban J connectivity index is 0. The largest absolute Gasteiger partial charge is 3.00 e. The predicted octanol–water partition coefficient (Wildman–Crippen LogP) is -1.06. The fourth-order valence-electron chi connectivity index (χ4n) is 0. The molecule has 0 saturated heterocycles. The smallest absolute Gasteiger partial charge is 0.870 e. The Hall–Kier alpha value is 2.45. The molecule has 0 rings (SSSR count). The van der Waals surface area contributed by atoms with E-state index in [1.807, 2.05) is 0 Å². The van der Waals surface area contributed by atoms with Crippen molar-refractivity contribution in [1.29, 1.82) is 0 Å². The number of hydrogen-bond acceptors (Lipinski definition) is 6. The molecular weight excluding hydrogens is 391 g/mol. The van der Waals surface area contributed by atoms with Crippen LogP contribution in [0.25, 0.3) is 0 Å². The normalized spacial score (nSPS) is 0. The molecule has 0 atom stereocenters. The summed E-state index contributed by atoms with van der Waals surface area (Å²) in [5.41, 5.74) is 0. The zero-order chi connectivity index (χ0) is 0. The summed E-state index contributed by atoms with van der Waals surface area (Å²) >= 11 is 0. The molecule has 0 unspecified atom stereocenters. The van der Waals surface area contributed by atoms with Gasteiger partial charge in [0.25, 0.3) is 0 Å². The Kier molecular flexibility index (Phi) is 2190. The molecule has 2 radical (unpaired) electrons. The van der Waals surface area contributed by atoms with Crippen LogP contribution < -0.4 is 0 Å². The molecule has 8 heavy (non-hydrogen) atoms. The van der Waals surface area contributed by atoms with Crippen molar-refractivity contribution in [3.63, 3.8) is 0 Å². The van der Waals surface area contributed by atoms with Gasteiger partial charge in [-0.2, -0.15) is 0 Å². The third kappa shape index (κ3) is 78.2. The van der Waals surface area contributed by atoms with Crippen LogP contribution in [0.5, 0.6) is 0 Å². The maximum atomic E-state index is 0. The molecule has 0 aromatic rings. The molecule has 0 saturated carbocycles. The summed E-state index contributed by atoms with van der Waals surface area (Å²) in [6.07, 6.45) is 0. The monoisotopic (exact) mass is 396 g/mol. The van der Waals surface area contributed by atoms with Crippen LogP contribution in [0.15, 0.2) is 0 Å². The van der Waals surface area contributed by atoms with Crippen molar-refractivity contribution in [2.45, 2.75) is 0 Å². The van der Waals surface area contributed by atoms with Gasteiger partial charge in [0.2, 0.25) is 0 Å². The average molecular weight is 397 g/mol. The van der Waals surface area contributed by atoms with Crippen LogP contribution >= 0.6 is 0 Å². The van der Waals surface area contributed by atoms with Gasteiger partial charge in [-0.05, 0) is 0 Å². The van der Waals surface area contributed by atoms with Crippen molar-refractivity contribution in [3.8, 4) is 0 Å². The van der Waals surface area contributed by atoms with Crippen LogP contribution in [0.1, 0.15) is 0 Å². The third-order valence-electron chi connectivity index (χ3n) is 0. The van der Waals surface area contributed by atoms with Crippen LogP contribution in [0.4, 0.5) is 0 Å². The van der Waals surface area contributed by atoms with E-state index in [1.165, 1.54) is 0 Å². The Labute approximate surface area is 112 Å². The standard InChI is InChI=1S/Nd.6H2O.Sm/h;6*1H2;/q+3;;;;;;;+3/p-6. The number of rotatable bonds is 0. The van der Waals surface area contributed by atoms with E-state index >= 15 is 0 Å². The maximum absolute atomic E-state index is 0. The van der Waals surface area contributed by atoms with Crippen molar-refractivity contribution in [2.24, 2.45) is 0 Å². The molecule has 6 nitrogen and oxygen atoms in total. The molecule has 0 bridgehead atoms. The van der Waals surface area contributed by atoms with Gasteiger partial charge in [0.15, 0.2) is 0 Å². The minimum atomic E-state index is 0. The first-order chi connectivity index (χ1) is 0. The molecule has 0 heterocycles. The van der Waals surface area contributed by atoms with Crippen LogP contribution in [-0.4, -0.2) is 32.9 Å². The molecule has 6 N–H and O–H groups in total. The van der Waals surface area contributed by atoms with E-state index < -0.39 is 0 Å². The molecule has 8 heteroatoms. The summed E-state index contributed by atoms with van der Waals surface area (Å²) in [5.74, 6) is 0. The zero-order valence-corrected chi connectivity index (χ0v) is 9.42. The maximum Gasteiger partial charge on any atom is 3.00 e. The fraction of sp³-hybridized carbons (Fsp3) is 0. The molecule has 0 aliphatic heterocycles. The van der Waals surface area contributed by atoms with E-state index in [0.29, 0.717) is 0 Å². The first-order valence-electron chi connectivity index (χ1n) is 0. The van der Waals surface area contributed by atoms with Crippen LogP contribution in [0, 0.1) is 81.2 Å². The molecule has 0 amide bonds. The van der Waals surface area contributed by atoms with Gasteiger partial charge in [0.1, 0.15) is 0 Å². The van der Waals surface area contributed by atoms with Crippen molar-refractivity contribution < 1.29 is 114 Å².